The number of benzene rings is 1. The van der Waals surface area contributed by atoms with Crippen LogP contribution < -0.4 is 15.8 Å². The van der Waals surface area contributed by atoms with Crippen molar-refractivity contribution in [2.45, 2.75) is 33.8 Å². The van der Waals surface area contributed by atoms with Crippen molar-refractivity contribution in [3.05, 3.63) is 22.7 Å². The van der Waals surface area contributed by atoms with Crippen LogP contribution in [0, 0.1) is 0 Å². The molecule has 0 aliphatic heterocycles. The third-order valence-electron chi connectivity index (χ3n) is 3.83. The lowest BCUT2D eigenvalue weighted by Crippen LogP contribution is -2.35. The van der Waals surface area contributed by atoms with Crippen LogP contribution in [0.25, 0.3) is 0 Å². The molecule has 0 aromatic heterocycles. The second kappa shape index (κ2) is 9.49. The molecule has 0 spiro atoms. The first kappa shape index (κ1) is 20.3. The molecular formula is C17H26ClN3O3. The third kappa shape index (κ3) is 5.69. The highest BCUT2D eigenvalue weighted by atomic mass is 35.5. The molecule has 0 saturated heterocycles. The number of carbonyl (C=O) groups is 2. The minimum Gasteiger partial charge on any atom is -0.482 e. The van der Waals surface area contributed by atoms with Gasteiger partial charge >= 0.3 is 0 Å². The molecular weight excluding hydrogens is 330 g/mol. The second-order valence-electron chi connectivity index (χ2n) is 5.52. The Morgan fingerprint density at radius 3 is 2.50 bits per heavy atom. The largest absolute Gasteiger partial charge is 0.482 e. The molecule has 0 heterocycles. The minimum absolute atomic E-state index is 0.142. The Morgan fingerprint density at radius 2 is 1.96 bits per heavy atom. The Bertz CT molecular complexity index is 589. The minimum atomic E-state index is -0.673. The number of nitrogens with two attached hydrogens (primary N) is 1. The van der Waals surface area contributed by atoms with Gasteiger partial charge in [-0.05, 0) is 33.0 Å². The van der Waals surface area contributed by atoms with Crippen molar-refractivity contribution >= 4 is 29.0 Å². The van der Waals surface area contributed by atoms with Crippen LogP contribution in [0.1, 0.15) is 38.1 Å². The molecule has 0 bridgehead atoms. The SMILES string of the molecule is CCN(CC)CCNC(=O)c1cc(Cl)c(N)cc1O[C@H](C)C(C)=O. The van der Waals surface area contributed by atoms with Crippen LogP contribution in [0.15, 0.2) is 12.1 Å². The zero-order valence-electron chi connectivity index (χ0n) is 14.7. The molecule has 1 aromatic carbocycles. The van der Waals surface area contributed by atoms with Crippen LogP contribution in [-0.4, -0.2) is 48.9 Å². The zero-order valence-corrected chi connectivity index (χ0v) is 15.4. The van der Waals surface area contributed by atoms with Crippen molar-refractivity contribution in [1.29, 1.82) is 0 Å². The molecule has 134 valence electrons. The van der Waals surface area contributed by atoms with Gasteiger partial charge in [-0.2, -0.15) is 0 Å². The van der Waals surface area contributed by atoms with Crippen LogP contribution in [-0.2, 0) is 4.79 Å². The summed E-state index contributed by atoms with van der Waals surface area (Å²) in [5.74, 6) is -0.203. The molecule has 1 rings (SSSR count). The first-order valence-electron chi connectivity index (χ1n) is 8.06. The van der Waals surface area contributed by atoms with E-state index in [1.54, 1.807) is 6.92 Å². The predicted molar refractivity (Wildman–Crippen MR) is 96.8 cm³/mol. The Hall–Kier alpha value is -1.79. The van der Waals surface area contributed by atoms with Crippen LogP contribution in [0.5, 0.6) is 5.75 Å². The standard InChI is InChI=1S/C17H26ClN3O3/c1-5-21(6-2)8-7-20-17(23)13-9-14(18)15(19)10-16(13)24-12(4)11(3)22/h9-10,12H,5-8,19H2,1-4H3,(H,20,23)/t12-/m1/s1. The number of rotatable bonds is 9. The summed E-state index contributed by atoms with van der Waals surface area (Å²) in [6.07, 6.45) is -0.673. The topological polar surface area (TPSA) is 84.7 Å². The van der Waals surface area contributed by atoms with Crippen LogP contribution in [0.3, 0.4) is 0 Å². The van der Waals surface area contributed by atoms with E-state index in [4.69, 9.17) is 22.1 Å². The number of Topliss-reactive ketones (excluding diaryl/α,β-unsaturated/α-hetero) is 1. The summed E-state index contributed by atoms with van der Waals surface area (Å²) in [5.41, 5.74) is 6.34. The highest BCUT2D eigenvalue weighted by Crippen LogP contribution is 2.29. The van der Waals surface area contributed by atoms with Gasteiger partial charge in [0.25, 0.3) is 5.91 Å². The number of halogens is 1. The van der Waals surface area contributed by atoms with E-state index < -0.39 is 6.10 Å². The lowest BCUT2D eigenvalue weighted by atomic mass is 10.1. The molecule has 3 N–H and O–H groups in total. The highest BCUT2D eigenvalue weighted by molar-refractivity contribution is 6.33. The maximum Gasteiger partial charge on any atom is 0.255 e. The summed E-state index contributed by atoms with van der Waals surface area (Å²) >= 11 is 6.02. The second-order valence-corrected chi connectivity index (χ2v) is 5.93. The highest BCUT2D eigenvalue weighted by Gasteiger charge is 2.19. The average Bonchev–Trinajstić information content (AvgIpc) is 2.54. The summed E-state index contributed by atoms with van der Waals surface area (Å²) < 4.78 is 5.57. The normalized spacial score (nSPS) is 12.1. The molecule has 1 aromatic rings. The number of likely N-dealkylation sites (N-methyl/N-ethyl adjacent to an activating group) is 1. The van der Waals surface area contributed by atoms with Gasteiger partial charge in [0.1, 0.15) is 5.75 Å². The maximum absolute atomic E-state index is 12.4. The average molecular weight is 356 g/mol. The van der Waals surface area contributed by atoms with Gasteiger partial charge in [0, 0.05) is 19.2 Å². The maximum atomic E-state index is 12.4. The van der Waals surface area contributed by atoms with E-state index >= 15 is 0 Å². The fourth-order valence-electron chi connectivity index (χ4n) is 2.08. The van der Waals surface area contributed by atoms with Crippen LogP contribution >= 0.6 is 11.6 Å². The Labute approximate surface area is 148 Å². The molecule has 6 nitrogen and oxygen atoms in total. The van der Waals surface area contributed by atoms with Crippen molar-refractivity contribution in [2.24, 2.45) is 0 Å². The molecule has 0 fully saturated rings. The van der Waals surface area contributed by atoms with Gasteiger partial charge < -0.3 is 20.7 Å². The van der Waals surface area contributed by atoms with Crippen molar-refractivity contribution < 1.29 is 14.3 Å². The van der Waals surface area contributed by atoms with E-state index in [-0.39, 0.29) is 28.0 Å². The van der Waals surface area contributed by atoms with E-state index in [0.717, 1.165) is 19.6 Å². The molecule has 0 radical (unpaired) electrons. The van der Waals surface area contributed by atoms with E-state index in [9.17, 15) is 9.59 Å². The summed E-state index contributed by atoms with van der Waals surface area (Å²) in [4.78, 5) is 26.1. The van der Waals surface area contributed by atoms with Gasteiger partial charge in [-0.15, -0.1) is 0 Å². The summed E-state index contributed by atoms with van der Waals surface area (Å²) in [7, 11) is 0. The lowest BCUT2D eigenvalue weighted by molar-refractivity contribution is -0.122. The van der Waals surface area contributed by atoms with Crippen molar-refractivity contribution in [1.82, 2.24) is 10.2 Å². The number of amides is 1. The smallest absolute Gasteiger partial charge is 0.255 e. The number of anilines is 1. The molecule has 7 heteroatoms. The lowest BCUT2D eigenvalue weighted by Gasteiger charge is -2.19. The fourth-order valence-corrected chi connectivity index (χ4v) is 2.24. The summed E-state index contributed by atoms with van der Waals surface area (Å²) in [6, 6.07) is 2.94. The number of nitrogens with zero attached hydrogens (tertiary/aromatic N) is 1. The Morgan fingerprint density at radius 1 is 1.33 bits per heavy atom. The number of nitrogens with one attached hydrogen (secondary N) is 1. The number of ether oxygens (including phenoxy) is 1. The van der Waals surface area contributed by atoms with E-state index in [0.29, 0.717) is 12.2 Å². The van der Waals surface area contributed by atoms with Crippen LogP contribution in [0.4, 0.5) is 5.69 Å². The van der Waals surface area contributed by atoms with E-state index in [2.05, 4.69) is 24.1 Å². The number of hydrogen-bond donors (Lipinski definition) is 2. The predicted octanol–water partition coefficient (Wildman–Crippen LogP) is 2.35. The molecule has 0 aliphatic rings. The molecule has 24 heavy (non-hydrogen) atoms. The number of nitrogen functional groups attached to an aromatic ring is 1. The quantitative estimate of drug-likeness (QED) is 0.664. The Kier molecular flexibility index (Phi) is 8.01. The molecule has 0 unspecified atom stereocenters. The van der Waals surface area contributed by atoms with Gasteiger partial charge in [-0.25, -0.2) is 0 Å². The zero-order chi connectivity index (χ0) is 18.3. The van der Waals surface area contributed by atoms with Crippen LogP contribution in [0.2, 0.25) is 5.02 Å². The third-order valence-corrected chi connectivity index (χ3v) is 4.16. The first-order chi connectivity index (χ1) is 11.3. The molecule has 1 atom stereocenters. The number of ketones is 1. The molecule has 0 aliphatic carbocycles. The fraction of sp³-hybridized carbons (Fsp3) is 0.529. The molecule has 1 amide bonds. The number of hydrogen-bond acceptors (Lipinski definition) is 5. The monoisotopic (exact) mass is 355 g/mol. The number of carbonyl (C=O) groups excluding carboxylic acids is 2. The van der Waals surface area contributed by atoms with E-state index in [1.807, 2.05) is 0 Å². The van der Waals surface area contributed by atoms with Gasteiger partial charge in [-0.3, -0.25) is 9.59 Å². The molecule has 0 saturated carbocycles. The van der Waals surface area contributed by atoms with E-state index in [1.165, 1.54) is 19.1 Å². The van der Waals surface area contributed by atoms with Gasteiger partial charge in [0.15, 0.2) is 11.9 Å². The van der Waals surface area contributed by atoms with Crippen molar-refractivity contribution in [3.63, 3.8) is 0 Å². The summed E-state index contributed by atoms with van der Waals surface area (Å²) in [5, 5.41) is 3.11. The van der Waals surface area contributed by atoms with Gasteiger partial charge in [-0.1, -0.05) is 25.4 Å². The first-order valence-corrected chi connectivity index (χ1v) is 8.44. The summed E-state index contributed by atoms with van der Waals surface area (Å²) in [6.45, 7) is 10.3. The Balaban J connectivity index is 2.89. The van der Waals surface area contributed by atoms with Gasteiger partial charge in [0.05, 0.1) is 16.3 Å². The van der Waals surface area contributed by atoms with Crippen molar-refractivity contribution in [3.8, 4) is 5.75 Å². The van der Waals surface area contributed by atoms with Gasteiger partial charge in [0.2, 0.25) is 0 Å². The van der Waals surface area contributed by atoms with Crippen molar-refractivity contribution in [2.75, 3.05) is 31.9 Å².